The van der Waals surface area contributed by atoms with Crippen LogP contribution in [0.1, 0.15) is 75.1 Å². The summed E-state index contributed by atoms with van der Waals surface area (Å²) in [6.45, 7) is 9.61. The molecule has 2 fully saturated rings. The van der Waals surface area contributed by atoms with Gasteiger partial charge in [0.2, 0.25) is 0 Å². The molecule has 2 aliphatic carbocycles. The highest BCUT2D eigenvalue weighted by Crippen LogP contribution is 2.46. The zero-order valence-electron chi connectivity index (χ0n) is 28.6. The van der Waals surface area contributed by atoms with Crippen molar-refractivity contribution in [1.29, 1.82) is 0 Å². The Balaban J connectivity index is 0.000000141. The minimum Gasteiger partial charge on any atom is -0.444 e. The molecule has 12 nitrogen and oxygen atoms in total. The molecule has 5 N–H and O–H groups in total. The van der Waals surface area contributed by atoms with E-state index in [4.69, 9.17) is 27.9 Å². The van der Waals surface area contributed by atoms with Gasteiger partial charge in [-0.2, -0.15) is 0 Å². The highest BCUT2D eigenvalue weighted by molar-refractivity contribution is 6.30. The van der Waals surface area contributed by atoms with Crippen molar-refractivity contribution in [3.05, 3.63) is 79.6 Å². The van der Waals surface area contributed by atoms with Crippen molar-refractivity contribution in [2.24, 2.45) is 0 Å². The third kappa shape index (κ3) is 5.08. The summed E-state index contributed by atoms with van der Waals surface area (Å²) in [6.07, 6.45) is 6.70. The molecule has 0 unspecified atom stereocenters. The van der Waals surface area contributed by atoms with E-state index in [0.717, 1.165) is 100 Å². The molecule has 4 aromatic heterocycles. The molecule has 0 saturated carbocycles. The number of rotatable bonds is 0. The van der Waals surface area contributed by atoms with E-state index in [1.54, 1.807) is 4.90 Å². The quantitative estimate of drug-likeness (QED) is 0.167. The molecule has 51 heavy (non-hydrogen) atoms. The molecule has 14 heteroatoms. The molecular formula is C37H38Cl2N8O4. The molecule has 8 heterocycles. The van der Waals surface area contributed by atoms with Gasteiger partial charge in [-0.1, -0.05) is 23.2 Å². The van der Waals surface area contributed by atoms with E-state index in [2.05, 4.69) is 35.9 Å². The summed E-state index contributed by atoms with van der Waals surface area (Å²) in [5.74, 6) is -0.00364. The fraction of sp³-hybridized carbons (Fsp3) is 0.432. The van der Waals surface area contributed by atoms with Crippen LogP contribution in [0.25, 0.3) is 22.5 Å². The number of carbonyl (C=O) groups excluding carboxylic acids is 3. The molecule has 10 rings (SSSR count). The third-order valence-corrected chi connectivity index (χ3v) is 11.6. The summed E-state index contributed by atoms with van der Waals surface area (Å²) >= 11 is 12.2. The molecule has 0 radical (unpaired) electrons. The zero-order valence-corrected chi connectivity index (χ0v) is 30.1. The van der Waals surface area contributed by atoms with E-state index < -0.39 is 5.60 Å². The van der Waals surface area contributed by atoms with Crippen molar-refractivity contribution >= 4 is 41.1 Å². The average molecular weight is 730 g/mol. The van der Waals surface area contributed by atoms with Crippen LogP contribution in [0.2, 0.25) is 10.3 Å². The van der Waals surface area contributed by atoms with Crippen LogP contribution in [0, 0.1) is 0 Å². The molecule has 6 aliphatic rings. The standard InChI is InChI=1S/C21H23ClN4O3.C16H15ClN4O/c1-20(2,3)29-19(28)26-9-21(10-26)8-24-18(27)15-12-5-4-11-7-23-14(22)6-13(11)16(12)25-17(15)21;17-11-3-10-8(4-19-11)1-2-9-12-14(21-13(9)10)16(5-18-6-16)7-20-15(12)22/h6-7,25H,4-5,8-10H2,1-3H3,(H,24,27);3-4,18,21H,1-2,5-7H2,(H,20,22). The molecule has 264 valence electrons. The number of aromatic nitrogens is 4. The Bertz CT molecular complexity index is 2170. The van der Waals surface area contributed by atoms with Gasteiger partial charge in [0.15, 0.2) is 0 Å². The van der Waals surface area contributed by atoms with Gasteiger partial charge in [0, 0.05) is 74.2 Å². The summed E-state index contributed by atoms with van der Waals surface area (Å²) in [6, 6.07) is 3.76. The predicted octanol–water partition coefficient (Wildman–Crippen LogP) is 4.47. The molecule has 4 aliphatic heterocycles. The number of H-pyrrole nitrogens is 2. The maximum Gasteiger partial charge on any atom is 0.410 e. The van der Waals surface area contributed by atoms with Crippen LogP contribution in [0.15, 0.2) is 24.5 Å². The molecule has 2 spiro atoms. The lowest BCUT2D eigenvalue weighted by Gasteiger charge is -2.51. The smallest absolute Gasteiger partial charge is 0.410 e. The highest BCUT2D eigenvalue weighted by Gasteiger charge is 2.53. The van der Waals surface area contributed by atoms with E-state index in [1.165, 1.54) is 5.56 Å². The van der Waals surface area contributed by atoms with Gasteiger partial charge in [-0.15, -0.1) is 0 Å². The summed E-state index contributed by atoms with van der Waals surface area (Å²) in [5.41, 5.74) is 11.4. The number of nitrogens with one attached hydrogen (secondary N) is 5. The monoisotopic (exact) mass is 728 g/mol. The fourth-order valence-corrected chi connectivity index (χ4v) is 8.94. The second-order valence-corrected chi connectivity index (χ2v) is 16.4. The molecule has 0 aromatic carbocycles. The van der Waals surface area contributed by atoms with Gasteiger partial charge >= 0.3 is 6.09 Å². The molecule has 0 atom stereocenters. The Morgan fingerprint density at radius 2 is 1.25 bits per heavy atom. The van der Waals surface area contributed by atoms with Crippen LogP contribution in [0.3, 0.4) is 0 Å². The highest BCUT2D eigenvalue weighted by atomic mass is 35.5. The number of pyridine rings is 2. The van der Waals surface area contributed by atoms with Crippen LogP contribution in [0.4, 0.5) is 4.79 Å². The van der Waals surface area contributed by atoms with Crippen molar-refractivity contribution in [1.82, 2.24) is 40.8 Å². The first-order valence-electron chi connectivity index (χ1n) is 17.4. The maximum absolute atomic E-state index is 12.8. The van der Waals surface area contributed by atoms with Gasteiger partial charge in [0.05, 0.1) is 33.3 Å². The third-order valence-electron chi connectivity index (χ3n) is 11.2. The molecule has 0 bridgehead atoms. The molecule has 3 amide bonds. The lowest BCUT2D eigenvalue weighted by Crippen LogP contribution is -2.67. The van der Waals surface area contributed by atoms with Gasteiger partial charge in [-0.25, -0.2) is 14.8 Å². The number of likely N-dealkylation sites (tertiary alicyclic amines) is 1. The number of halogens is 2. The largest absolute Gasteiger partial charge is 0.444 e. The summed E-state index contributed by atoms with van der Waals surface area (Å²) < 4.78 is 5.49. The Morgan fingerprint density at radius 1 is 0.765 bits per heavy atom. The molecular weight excluding hydrogens is 691 g/mol. The topological polar surface area (TPSA) is 157 Å². The summed E-state index contributed by atoms with van der Waals surface area (Å²) in [5, 5.41) is 10.4. The Labute approximate surface area is 304 Å². The second-order valence-electron chi connectivity index (χ2n) is 15.7. The van der Waals surface area contributed by atoms with Gasteiger partial charge in [-0.3, -0.25) is 9.59 Å². The zero-order chi connectivity index (χ0) is 35.4. The van der Waals surface area contributed by atoms with E-state index in [-0.39, 0.29) is 28.7 Å². The van der Waals surface area contributed by atoms with Crippen molar-refractivity contribution in [3.63, 3.8) is 0 Å². The number of hydrogen-bond donors (Lipinski definition) is 5. The number of amides is 3. The van der Waals surface area contributed by atoms with Crippen LogP contribution in [0.5, 0.6) is 0 Å². The van der Waals surface area contributed by atoms with Crippen LogP contribution >= 0.6 is 23.2 Å². The first-order valence-corrected chi connectivity index (χ1v) is 18.2. The summed E-state index contributed by atoms with van der Waals surface area (Å²) in [7, 11) is 0. The van der Waals surface area contributed by atoms with Crippen molar-refractivity contribution in [2.75, 3.05) is 39.3 Å². The molecule has 2 saturated heterocycles. The normalized spacial score (nSPS) is 19.7. The van der Waals surface area contributed by atoms with E-state index in [0.29, 0.717) is 36.5 Å². The minimum atomic E-state index is -0.533. The minimum absolute atomic E-state index is 0.0254. The van der Waals surface area contributed by atoms with Gasteiger partial charge in [0.1, 0.15) is 15.9 Å². The number of nitrogens with zero attached hydrogens (tertiary/aromatic N) is 3. The van der Waals surface area contributed by atoms with E-state index >= 15 is 0 Å². The Hall–Kier alpha value is -4.39. The fourth-order valence-electron chi connectivity index (χ4n) is 8.62. The van der Waals surface area contributed by atoms with Gasteiger partial charge in [-0.05, 0) is 80.8 Å². The van der Waals surface area contributed by atoms with Crippen LogP contribution < -0.4 is 16.0 Å². The van der Waals surface area contributed by atoms with Crippen LogP contribution in [-0.4, -0.2) is 87.6 Å². The van der Waals surface area contributed by atoms with Crippen LogP contribution in [-0.2, 0) is 41.3 Å². The van der Waals surface area contributed by atoms with Crippen molar-refractivity contribution < 1.29 is 19.1 Å². The molecule has 4 aromatic rings. The van der Waals surface area contributed by atoms with Crippen molar-refractivity contribution in [2.45, 2.75) is 62.9 Å². The van der Waals surface area contributed by atoms with E-state index in [9.17, 15) is 14.4 Å². The second kappa shape index (κ2) is 11.3. The number of carbonyl (C=O) groups is 3. The number of aromatic amines is 2. The number of ether oxygens (including phenoxy) is 1. The number of hydrogen-bond acceptors (Lipinski definition) is 7. The first-order chi connectivity index (χ1) is 24.3. The Morgan fingerprint density at radius 3 is 1.73 bits per heavy atom. The van der Waals surface area contributed by atoms with Gasteiger partial charge < -0.3 is 35.6 Å². The number of aryl methyl sites for hydroxylation is 2. The maximum atomic E-state index is 12.8. The Kier molecular flexibility index (Phi) is 7.21. The lowest BCUT2D eigenvalue weighted by molar-refractivity contribution is -0.0113. The lowest BCUT2D eigenvalue weighted by atomic mass is 9.72. The van der Waals surface area contributed by atoms with Gasteiger partial charge in [0.25, 0.3) is 11.8 Å². The average Bonchev–Trinajstić information content (AvgIpc) is 3.65. The van der Waals surface area contributed by atoms with Crippen molar-refractivity contribution in [3.8, 4) is 22.5 Å². The predicted molar refractivity (Wildman–Crippen MR) is 192 cm³/mol. The number of fused-ring (bicyclic) bond motifs is 12. The summed E-state index contributed by atoms with van der Waals surface area (Å²) in [4.78, 5) is 54.8. The van der Waals surface area contributed by atoms with E-state index in [1.807, 2.05) is 45.3 Å². The SMILES string of the molecule is CC(C)(C)OC(=O)N1CC2(CNC(=O)c3c2[nH]c2c3CCc3cnc(Cl)cc3-2)C1.O=C1NCC2(CNC2)c2[nH]c3c(c21)CCc1cnc(Cl)cc1-3. The first kappa shape index (κ1) is 32.5.